The molecule has 2 aromatic carbocycles. The first-order valence-electron chi connectivity index (χ1n) is 11.7. The third-order valence-corrected chi connectivity index (χ3v) is 10.0. The van der Waals surface area contributed by atoms with Gasteiger partial charge in [-0.05, 0) is 60.1 Å². The van der Waals surface area contributed by atoms with Crippen LogP contribution in [0.1, 0.15) is 50.8 Å². The van der Waals surface area contributed by atoms with Crippen LogP contribution >= 0.6 is 0 Å². The van der Waals surface area contributed by atoms with Crippen molar-refractivity contribution in [2.75, 3.05) is 13.1 Å². The normalized spacial score (nSPS) is 22.3. The Kier molecular flexibility index (Phi) is 5.75. The number of nitrogens with zero attached hydrogens (tertiary/aromatic N) is 3. The predicted octanol–water partition coefficient (Wildman–Crippen LogP) is 5.57. The van der Waals surface area contributed by atoms with Crippen LogP contribution in [0.15, 0.2) is 47.4 Å². The molecule has 3 aromatic rings. The fraction of sp³-hybridized carbons (Fsp3) is 0.385. The van der Waals surface area contributed by atoms with Crippen LogP contribution in [0.3, 0.4) is 0 Å². The van der Waals surface area contributed by atoms with Crippen LogP contribution in [0, 0.1) is 28.7 Å². The van der Waals surface area contributed by atoms with Gasteiger partial charge in [-0.15, -0.1) is 0 Å². The monoisotopic (exact) mass is 519 g/mol. The summed E-state index contributed by atoms with van der Waals surface area (Å²) in [5, 5.41) is 8.56. The second-order valence-corrected chi connectivity index (χ2v) is 12.0. The van der Waals surface area contributed by atoms with E-state index in [0.717, 1.165) is 36.2 Å². The molecule has 2 atom stereocenters. The lowest BCUT2D eigenvalue weighted by Crippen LogP contribution is -2.48. The molecule has 0 N–H and O–H groups in total. The number of likely N-dealkylation sites (N-methyl/N-ethyl adjacent to an activating group) is 1. The van der Waals surface area contributed by atoms with E-state index in [1.807, 2.05) is 13.8 Å². The molecule has 190 valence electrons. The zero-order valence-corrected chi connectivity index (χ0v) is 20.8. The molecule has 0 aliphatic heterocycles. The van der Waals surface area contributed by atoms with Crippen molar-refractivity contribution in [3.05, 3.63) is 77.0 Å². The Morgan fingerprint density at radius 1 is 1.00 bits per heavy atom. The lowest BCUT2D eigenvalue weighted by atomic mass is 9.68. The van der Waals surface area contributed by atoms with Crippen molar-refractivity contribution in [1.82, 2.24) is 14.5 Å². The fourth-order valence-corrected chi connectivity index (χ4v) is 7.69. The van der Waals surface area contributed by atoms with Crippen LogP contribution in [0.2, 0.25) is 0 Å². The number of benzene rings is 2. The Labute approximate surface area is 207 Å². The highest BCUT2D eigenvalue weighted by Crippen LogP contribution is 2.67. The number of aromatic nitrogens is 2. The van der Waals surface area contributed by atoms with Gasteiger partial charge in [-0.2, -0.15) is 14.5 Å². The lowest BCUT2D eigenvalue weighted by Gasteiger charge is -2.41. The molecule has 1 aromatic heterocycles. The summed E-state index contributed by atoms with van der Waals surface area (Å²) in [6, 6.07) is 7.48. The largest absolute Gasteiger partial charge is 0.243 e. The Morgan fingerprint density at radius 2 is 1.64 bits per heavy atom. The van der Waals surface area contributed by atoms with E-state index in [2.05, 4.69) is 10.2 Å². The fourth-order valence-electron chi connectivity index (χ4n) is 6.14. The van der Waals surface area contributed by atoms with Gasteiger partial charge in [0, 0.05) is 24.6 Å². The Balaban J connectivity index is 1.59. The van der Waals surface area contributed by atoms with Gasteiger partial charge in [0.1, 0.15) is 23.3 Å². The average molecular weight is 520 g/mol. The highest BCUT2D eigenvalue weighted by atomic mass is 32.2. The number of halogens is 4. The minimum Gasteiger partial charge on any atom is -0.207 e. The summed E-state index contributed by atoms with van der Waals surface area (Å²) in [6.07, 6.45) is 1.36. The summed E-state index contributed by atoms with van der Waals surface area (Å²) in [5.41, 5.74) is 0.0345. The quantitative estimate of drug-likeness (QED) is 0.400. The first-order chi connectivity index (χ1) is 16.9. The molecule has 0 spiro atoms. The Bertz CT molecular complexity index is 1440. The van der Waals surface area contributed by atoms with E-state index in [-0.39, 0.29) is 30.3 Å². The van der Waals surface area contributed by atoms with Crippen LogP contribution in [-0.2, 0) is 15.4 Å². The van der Waals surface area contributed by atoms with Crippen LogP contribution < -0.4 is 0 Å². The second-order valence-electron chi connectivity index (χ2n) is 10.1. The maximum absolute atomic E-state index is 14.4. The van der Waals surface area contributed by atoms with Crippen LogP contribution in [0.5, 0.6) is 0 Å². The average Bonchev–Trinajstić information content (AvgIpc) is 3.16. The molecule has 2 bridgehead atoms. The molecule has 1 heterocycles. The lowest BCUT2D eigenvalue weighted by molar-refractivity contribution is 0.169. The van der Waals surface area contributed by atoms with Crippen LogP contribution in [-0.4, -0.2) is 36.0 Å². The van der Waals surface area contributed by atoms with Crippen LogP contribution in [0.4, 0.5) is 17.6 Å². The standard InChI is InChI=1S/C26H25F4N3O2S/c1-4-33(36(34,35)17-11-15(27)10-16(28)12-17)14-26-9-8-19(25(26,2)3)18-13-22(31-32-24(18)26)23-20(29)6-5-7-21(23)30/h5-7,10-13,19H,4,8-9,14H2,1-3H3/t19-,26-/m0/s1. The van der Waals surface area contributed by atoms with Crippen molar-refractivity contribution in [3.8, 4) is 11.3 Å². The summed E-state index contributed by atoms with van der Waals surface area (Å²) in [7, 11) is -4.22. The van der Waals surface area contributed by atoms with Crippen molar-refractivity contribution in [3.63, 3.8) is 0 Å². The highest BCUT2D eigenvalue weighted by Gasteiger charge is 2.64. The zero-order valence-electron chi connectivity index (χ0n) is 20.0. The molecule has 10 heteroatoms. The molecule has 0 radical (unpaired) electrons. The minimum absolute atomic E-state index is 0.0235. The van der Waals surface area contributed by atoms with E-state index < -0.39 is 49.0 Å². The van der Waals surface area contributed by atoms with Gasteiger partial charge in [0.05, 0.1) is 21.8 Å². The molecule has 0 unspecified atom stereocenters. The van der Waals surface area contributed by atoms with E-state index in [1.54, 1.807) is 13.0 Å². The molecule has 1 saturated carbocycles. The summed E-state index contributed by atoms with van der Waals surface area (Å²) in [4.78, 5) is -0.458. The SMILES string of the molecule is CCN(C[C@@]12CC[C@@H](c3cc(-c4c(F)cccc4F)nnc31)C2(C)C)S(=O)(=O)c1cc(F)cc(F)c1. The van der Waals surface area contributed by atoms with Crippen molar-refractivity contribution in [1.29, 1.82) is 0 Å². The molecule has 36 heavy (non-hydrogen) atoms. The van der Waals surface area contributed by atoms with Gasteiger partial charge in [0.15, 0.2) is 0 Å². The number of rotatable bonds is 6. The van der Waals surface area contributed by atoms with Gasteiger partial charge in [0.2, 0.25) is 10.0 Å². The van der Waals surface area contributed by atoms with E-state index in [1.165, 1.54) is 10.4 Å². The van der Waals surface area contributed by atoms with Gasteiger partial charge in [-0.3, -0.25) is 0 Å². The number of hydrogen-bond acceptors (Lipinski definition) is 4. The third-order valence-electron chi connectivity index (χ3n) is 8.11. The smallest absolute Gasteiger partial charge is 0.207 e. The summed E-state index contributed by atoms with van der Waals surface area (Å²) < 4.78 is 84.6. The second kappa shape index (κ2) is 8.34. The molecule has 0 amide bonds. The number of hydrogen-bond donors (Lipinski definition) is 0. The van der Waals surface area contributed by atoms with E-state index >= 15 is 0 Å². The highest BCUT2D eigenvalue weighted by molar-refractivity contribution is 7.89. The van der Waals surface area contributed by atoms with Crippen molar-refractivity contribution in [2.45, 2.75) is 49.8 Å². The maximum Gasteiger partial charge on any atom is 0.243 e. The van der Waals surface area contributed by atoms with Gasteiger partial charge >= 0.3 is 0 Å². The molecule has 5 nitrogen and oxygen atoms in total. The number of sulfonamides is 1. The van der Waals surface area contributed by atoms with Crippen molar-refractivity contribution in [2.24, 2.45) is 5.41 Å². The Hall–Kier alpha value is -2.85. The Morgan fingerprint density at radius 3 is 2.25 bits per heavy atom. The molecular formula is C26H25F4N3O2S. The van der Waals surface area contributed by atoms with Crippen LogP contribution in [0.25, 0.3) is 11.3 Å². The maximum atomic E-state index is 14.4. The minimum atomic E-state index is -4.22. The molecule has 5 rings (SSSR count). The molecule has 2 aliphatic rings. The summed E-state index contributed by atoms with van der Waals surface area (Å²) in [5.74, 6) is -3.47. The van der Waals surface area contributed by atoms with Crippen molar-refractivity contribution < 1.29 is 26.0 Å². The molecule has 2 aliphatic carbocycles. The third kappa shape index (κ3) is 3.48. The predicted molar refractivity (Wildman–Crippen MR) is 126 cm³/mol. The number of fused-ring (bicyclic) bond motifs is 5. The van der Waals surface area contributed by atoms with E-state index in [0.29, 0.717) is 18.2 Å². The topological polar surface area (TPSA) is 63.2 Å². The van der Waals surface area contributed by atoms with Gasteiger partial charge in [-0.1, -0.05) is 26.8 Å². The molecule has 0 saturated heterocycles. The first kappa shape index (κ1) is 24.8. The van der Waals surface area contributed by atoms with Gasteiger partial charge in [-0.25, -0.2) is 26.0 Å². The van der Waals surface area contributed by atoms with Gasteiger partial charge in [0.25, 0.3) is 0 Å². The molecule has 1 fully saturated rings. The van der Waals surface area contributed by atoms with Gasteiger partial charge < -0.3 is 0 Å². The van der Waals surface area contributed by atoms with E-state index in [9.17, 15) is 26.0 Å². The zero-order chi connectivity index (χ0) is 26.0. The first-order valence-corrected chi connectivity index (χ1v) is 13.1. The van der Waals surface area contributed by atoms with Crippen molar-refractivity contribution >= 4 is 10.0 Å². The summed E-state index contributed by atoms with van der Waals surface area (Å²) in [6.45, 7) is 5.82. The summed E-state index contributed by atoms with van der Waals surface area (Å²) >= 11 is 0. The van der Waals surface area contributed by atoms with E-state index in [4.69, 9.17) is 0 Å². The molecular weight excluding hydrogens is 494 g/mol.